The van der Waals surface area contributed by atoms with Gasteiger partial charge < -0.3 is 0 Å². The molecular formula is C9H9ClFN. The summed E-state index contributed by atoms with van der Waals surface area (Å²) in [5.74, 6) is 0.256. The zero-order chi connectivity index (χ0) is 8.81. The number of rotatable bonds is 3. The van der Waals surface area contributed by atoms with Gasteiger partial charge in [0, 0.05) is 17.6 Å². The van der Waals surface area contributed by atoms with Crippen LogP contribution in [0.1, 0.15) is 12.0 Å². The normalized spacial score (nSPS) is 10.8. The third-order valence-electron chi connectivity index (χ3n) is 1.38. The van der Waals surface area contributed by atoms with Crippen molar-refractivity contribution in [2.24, 2.45) is 0 Å². The molecule has 0 amide bonds. The highest BCUT2D eigenvalue weighted by Crippen LogP contribution is 2.06. The summed E-state index contributed by atoms with van der Waals surface area (Å²) in [6.45, 7) is 0. The molecule has 0 saturated heterocycles. The van der Waals surface area contributed by atoms with Crippen molar-refractivity contribution in [3.63, 3.8) is 0 Å². The van der Waals surface area contributed by atoms with Gasteiger partial charge in [-0.2, -0.15) is 0 Å². The third kappa shape index (κ3) is 2.62. The van der Waals surface area contributed by atoms with Gasteiger partial charge in [-0.05, 0) is 12.5 Å². The van der Waals surface area contributed by atoms with Crippen LogP contribution in [0, 0.1) is 5.82 Å². The van der Waals surface area contributed by atoms with Gasteiger partial charge in [0.25, 0.3) is 0 Å². The number of allylic oxidation sites excluding steroid dienone is 1. The lowest BCUT2D eigenvalue weighted by Crippen LogP contribution is -1.82. The molecule has 3 heteroatoms. The number of hydrogen-bond donors (Lipinski definition) is 0. The highest BCUT2D eigenvalue weighted by molar-refractivity contribution is 6.17. The average Bonchev–Trinajstić information content (AvgIpc) is 2.09. The van der Waals surface area contributed by atoms with Gasteiger partial charge in [0.1, 0.15) is 5.82 Å². The molecule has 0 unspecified atom stereocenters. The standard InChI is InChI=1S/C9H9ClFN/c10-5-2-1-3-8-4-6-12-7-9(8)11/h1,3-4,6-7H,2,5H2. The lowest BCUT2D eigenvalue weighted by atomic mass is 10.2. The molecule has 1 aromatic rings. The molecule has 1 heterocycles. The molecule has 1 aromatic heterocycles. The molecule has 0 spiro atoms. The summed E-state index contributed by atoms with van der Waals surface area (Å²) in [6, 6.07) is 1.63. The molecule has 0 radical (unpaired) electrons. The van der Waals surface area contributed by atoms with Gasteiger partial charge in [-0.25, -0.2) is 4.39 Å². The Morgan fingerprint density at radius 2 is 2.42 bits per heavy atom. The molecule has 0 aromatic carbocycles. The molecule has 1 rings (SSSR count). The van der Waals surface area contributed by atoms with E-state index in [2.05, 4.69) is 4.98 Å². The molecule has 64 valence electrons. The van der Waals surface area contributed by atoms with Gasteiger partial charge in [0.15, 0.2) is 0 Å². The monoisotopic (exact) mass is 185 g/mol. The smallest absolute Gasteiger partial charge is 0.148 e. The molecule has 0 aliphatic rings. The second kappa shape index (κ2) is 4.88. The molecule has 12 heavy (non-hydrogen) atoms. The summed E-state index contributed by atoms with van der Waals surface area (Å²) in [6.07, 6.45) is 7.05. The first kappa shape index (κ1) is 9.20. The number of pyridine rings is 1. The van der Waals surface area contributed by atoms with E-state index in [1.165, 1.54) is 6.20 Å². The Bertz CT molecular complexity index is 273. The molecule has 1 nitrogen and oxygen atoms in total. The van der Waals surface area contributed by atoms with E-state index in [9.17, 15) is 4.39 Å². The SMILES string of the molecule is Fc1cnccc1C=CCCCl. The Labute approximate surface area is 75.9 Å². The highest BCUT2D eigenvalue weighted by atomic mass is 35.5. The van der Waals surface area contributed by atoms with Gasteiger partial charge in [-0.3, -0.25) is 4.98 Å². The molecule has 0 fully saturated rings. The van der Waals surface area contributed by atoms with Crippen LogP contribution in [-0.4, -0.2) is 10.9 Å². The average molecular weight is 186 g/mol. The molecule has 0 aliphatic heterocycles. The topological polar surface area (TPSA) is 12.9 Å². The Hall–Kier alpha value is -0.890. The van der Waals surface area contributed by atoms with Gasteiger partial charge >= 0.3 is 0 Å². The minimum atomic E-state index is -0.302. The fourth-order valence-electron chi connectivity index (χ4n) is 0.794. The van der Waals surface area contributed by atoms with Crippen molar-refractivity contribution in [3.8, 4) is 0 Å². The Morgan fingerprint density at radius 3 is 3.08 bits per heavy atom. The van der Waals surface area contributed by atoms with E-state index in [1.54, 1.807) is 18.3 Å². The molecular weight excluding hydrogens is 177 g/mol. The lowest BCUT2D eigenvalue weighted by Gasteiger charge is -1.93. The molecule has 0 saturated carbocycles. The van der Waals surface area contributed by atoms with E-state index in [0.29, 0.717) is 11.4 Å². The summed E-state index contributed by atoms with van der Waals surface area (Å²) >= 11 is 5.45. The number of aromatic nitrogens is 1. The first-order valence-electron chi connectivity index (χ1n) is 3.66. The fraction of sp³-hybridized carbons (Fsp3) is 0.222. The van der Waals surface area contributed by atoms with E-state index < -0.39 is 0 Å². The number of nitrogens with zero attached hydrogens (tertiary/aromatic N) is 1. The van der Waals surface area contributed by atoms with Crippen molar-refractivity contribution < 1.29 is 4.39 Å². The second-order valence-electron chi connectivity index (χ2n) is 2.28. The van der Waals surface area contributed by atoms with E-state index in [0.717, 1.165) is 6.42 Å². The Balaban J connectivity index is 2.68. The van der Waals surface area contributed by atoms with E-state index in [1.807, 2.05) is 6.08 Å². The Morgan fingerprint density at radius 1 is 1.58 bits per heavy atom. The van der Waals surface area contributed by atoms with Gasteiger partial charge in [0.05, 0.1) is 6.20 Å². The zero-order valence-electron chi connectivity index (χ0n) is 6.50. The Kier molecular flexibility index (Phi) is 3.74. The number of hydrogen-bond acceptors (Lipinski definition) is 1. The van der Waals surface area contributed by atoms with Crippen LogP contribution in [0.5, 0.6) is 0 Å². The number of halogens is 2. The van der Waals surface area contributed by atoms with Crippen molar-refractivity contribution in [3.05, 3.63) is 35.9 Å². The van der Waals surface area contributed by atoms with Crippen LogP contribution < -0.4 is 0 Å². The maximum absolute atomic E-state index is 12.9. The van der Waals surface area contributed by atoms with Gasteiger partial charge in [-0.1, -0.05) is 12.2 Å². The first-order chi connectivity index (χ1) is 5.84. The molecule has 0 atom stereocenters. The van der Waals surface area contributed by atoms with Crippen molar-refractivity contribution in [1.29, 1.82) is 0 Å². The minimum absolute atomic E-state index is 0.302. The zero-order valence-corrected chi connectivity index (χ0v) is 7.26. The van der Waals surface area contributed by atoms with Crippen LogP contribution in [-0.2, 0) is 0 Å². The summed E-state index contributed by atoms with van der Waals surface area (Å²) in [4.78, 5) is 3.64. The highest BCUT2D eigenvalue weighted by Gasteiger charge is 1.94. The van der Waals surface area contributed by atoms with Crippen molar-refractivity contribution in [2.75, 3.05) is 5.88 Å². The first-order valence-corrected chi connectivity index (χ1v) is 4.20. The summed E-state index contributed by atoms with van der Waals surface area (Å²) in [5, 5.41) is 0. The summed E-state index contributed by atoms with van der Waals surface area (Å²) < 4.78 is 12.9. The predicted octanol–water partition coefficient (Wildman–Crippen LogP) is 2.86. The van der Waals surface area contributed by atoms with Crippen LogP contribution in [0.4, 0.5) is 4.39 Å². The lowest BCUT2D eigenvalue weighted by molar-refractivity contribution is 0.618. The van der Waals surface area contributed by atoms with Gasteiger partial charge in [0.2, 0.25) is 0 Å². The van der Waals surface area contributed by atoms with Crippen LogP contribution in [0.3, 0.4) is 0 Å². The van der Waals surface area contributed by atoms with E-state index in [4.69, 9.17) is 11.6 Å². The molecule has 0 N–H and O–H groups in total. The third-order valence-corrected chi connectivity index (χ3v) is 1.60. The maximum Gasteiger partial charge on any atom is 0.148 e. The predicted molar refractivity (Wildman–Crippen MR) is 48.6 cm³/mol. The second-order valence-corrected chi connectivity index (χ2v) is 2.66. The fourth-order valence-corrected chi connectivity index (χ4v) is 0.920. The largest absolute Gasteiger partial charge is 0.262 e. The summed E-state index contributed by atoms with van der Waals surface area (Å²) in [7, 11) is 0. The minimum Gasteiger partial charge on any atom is -0.262 e. The van der Waals surface area contributed by atoms with Crippen molar-refractivity contribution >= 4 is 17.7 Å². The quantitative estimate of drug-likeness (QED) is 0.660. The van der Waals surface area contributed by atoms with Crippen LogP contribution in [0.15, 0.2) is 24.5 Å². The van der Waals surface area contributed by atoms with Crippen molar-refractivity contribution in [2.45, 2.75) is 6.42 Å². The molecule has 0 aliphatic carbocycles. The van der Waals surface area contributed by atoms with Gasteiger partial charge in [-0.15, -0.1) is 11.6 Å². The van der Waals surface area contributed by atoms with E-state index in [-0.39, 0.29) is 5.82 Å². The van der Waals surface area contributed by atoms with Crippen LogP contribution >= 0.6 is 11.6 Å². The maximum atomic E-state index is 12.9. The van der Waals surface area contributed by atoms with Crippen molar-refractivity contribution in [1.82, 2.24) is 4.98 Å². The van der Waals surface area contributed by atoms with Crippen LogP contribution in [0.25, 0.3) is 6.08 Å². The van der Waals surface area contributed by atoms with E-state index >= 15 is 0 Å². The summed E-state index contributed by atoms with van der Waals surface area (Å²) in [5.41, 5.74) is 0.551. The number of alkyl halides is 1. The molecule has 0 bridgehead atoms. The van der Waals surface area contributed by atoms with Crippen LogP contribution in [0.2, 0.25) is 0 Å².